The molecule has 0 saturated heterocycles. The molecule has 0 amide bonds. The van der Waals surface area contributed by atoms with Crippen molar-refractivity contribution in [3.63, 3.8) is 0 Å². The van der Waals surface area contributed by atoms with Gasteiger partial charge in [0, 0.05) is 0 Å². The van der Waals surface area contributed by atoms with E-state index in [1.165, 1.54) is 18.2 Å². The van der Waals surface area contributed by atoms with Gasteiger partial charge in [-0.15, -0.1) is 0 Å². The number of rotatable bonds is 3. The Morgan fingerprint density at radius 1 is 1.18 bits per heavy atom. The van der Waals surface area contributed by atoms with Crippen LogP contribution in [0, 0.1) is 5.82 Å². The molecule has 0 aliphatic rings. The van der Waals surface area contributed by atoms with Crippen LogP contribution >= 0.6 is 0 Å². The average Bonchev–Trinajstić information content (AvgIpc) is 2.54. The highest BCUT2D eigenvalue weighted by Crippen LogP contribution is 2.30. The van der Waals surface area contributed by atoms with Crippen molar-refractivity contribution in [2.75, 3.05) is 0 Å². The minimum absolute atomic E-state index is 0.178. The summed E-state index contributed by atoms with van der Waals surface area (Å²) in [5.74, 6) is -0.265. The smallest absolute Gasteiger partial charge is 0.200 e. The van der Waals surface area contributed by atoms with E-state index in [2.05, 4.69) is 0 Å². The van der Waals surface area contributed by atoms with E-state index >= 15 is 0 Å². The summed E-state index contributed by atoms with van der Waals surface area (Å²) in [7, 11) is 0. The molecule has 0 radical (unpaired) electrons. The van der Waals surface area contributed by atoms with E-state index < -0.39 is 11.9 Å². The molecule has 3 nitrogen and oxygen atoms in total. The normalized spacial score (nSPS) is 12.5. The van der Waals surface area contributed by atoms with Crippen LogP contribution in [-0.4, -0.2) is 5.11 Å². The predicted octanol–water partition coefficient (Wildman–Crippen LogP) is 4.04. The highest BCUT2D eigenvalue weighted by atomic mass is 19.1. The minimum atomic E-state index is -0.921. The Hall–Kier alpha value is -2.46. The Morgan fingerprint density at radius 3 is 2.68 bits per heavy atom. The maximum Gasteiger partial charge on any atom is 0.200 e. The summed E-state index contributed by atoms with van der Waals surface area (Å²) >= 11 is 0. The third kappa shape index (κ3) is 2.42. The predicted molar refractivity (Wildman–Crippen MR) is 83.1 cm³/mol. The number of para-hydroxylation sites is 1. The average molecular weight is 298 g/mol. The summed E-state index contributed by atoms with van der Waals surface area (Å²) < 4.78 is 19.3. The van der Waals surface area contributed by atoms with Crippen molar-refractivity contribution in [1.29, 1.82) is 0 Å². The molecule has 1 N–H and O–H groups in total. The maximum atomic E-state index is 13.5. The second-order valence-electron chi connectivity index (χ2n) is 5.10. The van der Waals surface area contributed by atoms with Gasteiger partial charge in [-0.3, -0.25) is 4.79 Å². The molecule has 2 aromatic carbocycles. The Labute approximate surface area is 126 Å². The molecule has 0 bridgehead atoms. The molecular formula is C18H15FO3. The summed E-state index contributed by atoms with van der Waals surface area (Å²) in [6.45, 7) is 1.79. The van der Waals surface area contributed by atoms with Gasteiger partial charge in [0.25, 0.3) is 0 Å². The van der Waals surface area contributed by atoms with Crippen molar-refractivity contribution < 1.29 is 13.9 Å². The number of hydrogen-bond acceptors (Lipinski definition) is 3. The molecule has 4 heteroatoms. The van der Waals surface area contributed by atoms with Gasteiger partial charge in [-0.2, -0.15) is 0 Å². The van der Waals surface area contributed by atoms with Crippen LogP contribution in [0.1, 0.15) is 25.2 Å². The zero-order valence-electron chi connectivity index (χ0n) is 12.0. The van der Waals surface area contributed by atoms with E-state index in [9.17, 15) is 14.3 Å². The highest BCUT2D eigenvalue weighted by Gasteiger charge is 2.21. The first-order chi connectivity index (χ1) is 10.6. The minimum Gasteiger partial charge on any atom is -0.457 e. The van der Waals surface area contributed by atoms with Crippen molar-refractivity contribution in [2.24, 2.45) is 0 Å². The number of fused-ring (bicyclic) bond motifs is 1. The molecule has 112 valence electrons. The van der Waals surface area contributed by atoms with E-state index in [1.807, 2.05) is 0 Å². The summed E-state index contributed by atoms with van der Waals surface area (Å²) in [6.07, 6.45) is -0.528. The van der Waals surface area contributed by atoms with Crippen LogP contribution in [0.2, 0.25) is 0 Å². The lowest BCUT2D eigenvalue weighted by atomic mass is 9.99. The standard InChI is InChI=1S/C18H15FO3/c1-2-14(20)18-16(11-6-5-7-12(19)10-11)17(21)13-8-3-4-9-15(13)22-18/h3-10,14,20H,2H2,1H3/t14-/m1/s1. The summed E-state index contributed by atoms with van der Waals surface area (Å²) in [6, 6.07) is 12.6. The number of aliphatic hydroxyl groups excluding tert-OH is 1. The number of aliphatic hydroxyl groups is 1. The van der Waals surface area contributed by atoms with Crippen molar-refractivity contribution >= 4 is 11.0 Å². The molecule has 0 saturated carbocycles. The summed E-state index contributed by atoms with van der Waals surface area (Å²) in [5, 5.41) is 10.6. The fourth-order valence-electron chi connectivity index (χ4n) is 2.50. The Bertz CT molecular complexity index is 883. The lowest BCUT2D eigenvalue weighted by molar-refractivity contribution is 0.147. The third-order valence-corrected chi connectivity index (χ3v) is 3.63. The molecule has 22 heavy (non-hydrogen) atoms. The van der Waals surface area contributed by atoms with Gasteiger partial charge in [-0.05, 0) is 36.2 Å². The summed E-state index contributed by atoms with van der Waals surface area (Å²) in [4.78, 5) is 12.8. The van der Waals surface area contributed by atoms with Gasteiger partial charge < -0.3 is 9.52 Å². The SMILES string of the molecule is CC[C@@H](O)c1oc2ccccc2c(=O)c1-c1cccc(F)c1. The molecule has 0 spiro atoms. The first-order valence-electron chi connectivity index (χ1n) is 7.11. The van der Waals surface area contributed by atoms with Crippen LogP contribution in [0.25, 0.3) is 22.1 Å². The lowest BCUT2D eigenvalue weighted by Gasteiger charge is -2.14. The monoisotopic (exact) mass is 298 g/mol. The first-order valence-corrected chi connectivity index (χ1v) is 7.11. The van der Waals surface area contributed by atoms with Crippen LogP contribution in [-0.2, 0) is 0 Å². The Morgan fingerprint density at radius 2 is 1.95 bits per heavy atom. The van der Waals surface area contributed by atoms with Gasteiger partial charge >= 0.3 is 0 Å². The Balaban J connectivity index is 2.40. The topological polar surface area (TPSA) is 50.4 Å². The molecule has 3 aromatic rings. The largest absolute Gasteiger partial charge is 0.457 e. The lowest BCUT2D eigenvalue weighted by Crippen LogP contribution is -2.11. The molecule has 0 aliphatic heterocycles. The van der Waals surface area contributed by atoms with Crippen LogP contribution in [0.3, 0.4) is 0 Å². The van der Waals surface area contributed by atoms with Gasteiger partial charge in [0.1, 0.15) is 23.3 Å². The van der Waals surface area contributed by atoms with E-state index in [0.717, 1.165) is 0 Å². The number of halogens is 1. The third-order valence-electron chi connectivity index (χ3n) is 3.63. The van der Waals surface area contributed by atoms with Crippen molar-refractivity contribution in [2.45, 2.75) is 19.4 Å². The Kier molecular flexibility index (Phi) is 3.77. The second-order valence-corrected chi connectivity index (χ2v) is 5.10. The van der Waals surface area contributed by atoms with Crippen molar-refractivity contribution in [3.8, 4) is 11.1 Å². The van der Waals surface area contributed by atoms with Crippen molar-refractivity contribution in [3.05, 3.63) is 70.3 Å². The van der Waals surface area contributed by atoms with E-state index in [1.54, 1.807) is 37.3 Å². The van der Waals surface area contributed by atoms with E-state index in [0.29, 0.717) is 23.0 Å². The first kappa shape index (κ1) is 14.5. The van der Waals surface area contributed by atoms with Crippen LogP contribution < -0.4 is 5.43 Å². The van der Waals surface area contributed by atoms with Gasteiger partial charge in [-0.1, -0.05) is 31.2 Å². The molecule has 0 aliphatic carbocycles. The second kappa shape index (κ2) is 5.73. The molecule has 0 unspecified atom stereocenters. The van der Waals surface area contributed by atoms with Gasteiger partial charge in [0.05, 0.1) is 10.9 Å². The maximum absolute atomic E-state index is 13.5. The molecular weight excluding hydrogens is 283 g/mol. The quantitative estimate of drug-likeness (QED) is 0.794. The van der Waals surface area contributed by atoms with Crippen molar-refractivity contribution in [1.82, 2.24) is 0 Å². The fraction of sp³-hybridized carbons (Fsp3) is 0.167. The van der Waals surface area contributed by atoms with Gasteiger partial charge in [-0.25, -0.2) is 4.39 Å². The zero-order chi connectivity index (χ0) is 15.7. The molecule has 0 fully saturated rings. The zero-order valence-corrected chi connectivity index (χ0v) is 12.0. The highest BCUT2D eigenvalue weighted by molar-refractivity contribution is 5.82. The summed E-state index contributed by atoms with van der Waals surface area (Å²) in [5.41, 5.74) is 0.764. The molecule has 1 aromatic heterocycles. The van der Waals surface area contributed by atoms with Gasteiger partial charge in [0.15, 0.2) is 0 Å². The molecule has 3 rings (SSSR count). The number of benzene rings is 2. The number of hydrogen-bond donors (Lipinski definition) is 1. The molecule has 1 atom stereocenters. The van der Waals surface area contributed by atoms with Crippen LogP contribution in [0.5, 0.6) is 0 Å². The van der Waals surface area contributed by atoms with E-state index in [-0.39, 0.29) is 16.8 Å². The van der Waals surface area contributed by atoms with Crippen LogP contribution in [0.15, 0.2) is 57.7 Å². The van der Waals surface area contributed by atoms with Crippen LogP contribution in [0.4, 0.5) is 4.39 Å². The van der Waals surface area contributed by atoms with Gasteiger partial charge in [0.2, 0.25) is 5.43 Å². The van der Waals surface area contributed by atoms with E-state index in [4.69, 9.17) is 4.42 Å². The molecule has 1 heterocycles. The fourth-order valence-corrected chi connectivity index (χ4v) is 2.50.